The average molecular weight is 388 g/mol. The maximum atomic E-state index is 12.1. The van der Waals surface area contributed by atoms with E-state index in [9.17, 15) is 4.79 Å². The number of nitrogens with two attached hydrogens (primary N) is 1. The number of anilines is 1. The second-order valence-corrected chi connectivity index (χ2v) is 7.95. The summed E-state index contributed by atoms with van der Waals surface area (Å²) in [5.74, 6) is 0.811. The second-order valence-electron chi connectivity index (χ2n) is 7.95. The molecule has 0 unspecified atom stereocenters. The first-order valence-electron chi connectivity index (χ1n) is 9.70. The molecule has 0 aromatic carbocycles. The van der Waals surface area contributed by atoms with E-state index in [0.717, 1.165) is 48.3 Å². The molecule has 0 saturated carbocycles. The van der Waals surface area contributed by atoms with Crippen LogP contribution >= 0.6 is 0 Å². The Hall–Kier alpha value is -2.54. The maximum Gasteiger partial charge on any atom is 0.410 e. The molecular formula is C21H33N5O2. The van der Waals surface area contributed by atoms with Crippen molar-refractivity contribution in [2.75, 3.05) is 44.6 Å². The van der Waals surface area contributed by atoms with Crippen LogP contribution in [0.3, 0.4) is 0 Å². The van der Waals surface area contributed by atoms with Crippen LogP contribution in [0.5, 0.6) is 0 Å². The predicted molar refractivity (Wildman–Crippen MR) is 114 cm³/mol. The van der Waals surface area contributed by atoms with Crippen LogP contribution in [-0.2, 0) is 4.74 Å². The van der Waals surface area contributed by atoms with Gasteiger partial charge < -0.3 is 20.7 Å². The molecular weight excluding hydrogens is 354 g/mol. The topological polar surface area (TPSA) is 83.7 Å². The third kappa shape index (κ3) is 6.56. The zero-order chi connectivity index (χ0) is 20.7. The van der Waals surface area contributed by atoms with Crippen molar-refractivity contribution < 1.29 is 9.53 Å². The van der Waals surface area contributed by atoms with Gasteiger partial charge in [-0.3, -0.25) is 4.90 Å². The molecule has 1 aromatic rings. The van der Waals surface area contributed by atoms with E-state index in [1.54, 1.807) is 11.0 Å². The van der Waals surface area contributed by atoms with Gasteiger partial charge in [-0.1, -0.05) is 12.7 Å². The van der Waals surface area contributed by atoms with Crippen molar-refractivity contribution in [3.05, 3.63) is 35.4 Å². The van der Waals surface area contributed by atoms with E-state index in [1.807, 2.05) is 45.9 Å². The molecule has 1 amide bonds. The molecule has 0 aliphatic carbocycles. The number of rotatable bonds is 5. The van der Waals surface area contributed by atoms with E-state index in [2.05, 4.69) is 21.8 Å². The summed E-state index contributed by atoms with van der Waals surface area (Å²) < 4.78 is 5.44. The van der Waals surface area contributed by atoms with Crippen LogP contribution in [0.2, 0.25) is 0 Å². The van der Waals surface area contributed by atoms with E-state index < -0.39 is 5.60 Å². The van der Waals surface area contributed by atoms with Crippen LogP contribution < -0.4 is 21.6 Å². The molecule has 1 aromatic heterocycles. The van der Waals surface area contributed by atoms with Gasteiger partial charge in [0.2, 0.25) is 0 Å². The predicted octanol–water partition coefficient (Wildman–Crippen LogP) is 1.10. The third-order valence-electron chi connectivity index (χ3n) is 4.38. The Balaban J connectivity index is 1.83. The number of piperazine rings is 1. The van der Waals surface area contributed by atoms with Gasteiger partial charge in [-0.05, 0) is 45.9 Å². The zero-order valence-corrected chi connectivity index (χ0v) is 17.5. The average Bonchev–Trinajstić information content (AvgIpc) is 2.61. The van der Waals surface area contributed by atoms with Crippen molar-refractivity contribution in [3.63, 3.8) is 0 Å². The smallest absolute Gasteiger partial charge is 0.410 e. The van der Waals surface area contributed by atoms with E-state index in [-0.39, 0.29) is 6.09 Å². The fraction of sp³-hybridized carbons (Fsp3) is 0.524. The highest BCUT2D eigenvalue weighted by Crippen LogP contribution is 2.11. The maximum absolute atomic E-state index is 12.1. The number of ether oxygens (including phenoxy) is 1. The minimum absolute atomic E-state index is 0.229. The van der Waals surface area contributed by atoms with Crippen molar-refractivity contribution in [1.82, 2.24) is 14.8 Å². The van der Waals surface area contributed by atoms with Crippen LogP contribution in [0.1, 0.15) is 27.7 Å². The Bertz CT molecular complexity index is 801. The number of pyridine rings is 1. The van der Waals surface area contributed by atoms with E-state index in [0.29, 0.717) is 13.1 Å². The summed E-state index contributed by atoms with van der Waals surface area (Å²) in [5.41, 5.74) is 6.19. The first-order valence-corrected chi connectivity index (χ1v) is 9.70. The third-order valence-corrected chi connectivity index (χ3v) is 4.38. The van der Waals surface area contributed by atoms with Crippen LogP contribution in [-0.4, -0.2) is 65.7 Å². The summed E-state index contributed by atoms with van der Waals surface area (Å²) in [6, 6.07) is 3.91. The van der Waals surface area contributed by atoms with Gasteiger partial charge in [-0.25, -0.2) is 9.78 Å². The molecule has 0 atom stereocenters. The Morgan fingerprint density at radius 1 is 1.32 bits per heavy atom. The van der Waals surface area contributed by atoms with Crippen LogP contribution in [0, 0.1) is 0 Å². The Morgan fingerprint density at radius 2 is 2.00 bits per heavy atom. The lowest BCUT2D eigenvalue weighted by Gasteiger charge is -2.35. The number of amides is 1. The first kappa shape index (κ1) is 21.8. The molecule has 0 bridgehead atoms. The van der Waals surface area contributed by atoms with Gasteiger partial charge in [0.25, 0.3) is 0 Å². The van der Waals surface area contributed by atoms with Crippen LogP contribution in [0.4, 0.5) is 10.6 Å². The highest BCUT2D eigenvalue weighted by atomic mass is 16.6. The largest absolute Gasteiger partial charge is 0.444 e. The fourth-order valence-electron chi connectivity index (χ4n) is 2.97. The number of carbonyl (C=O) groups excluding carboxylic acids is 1. The summed E-state index contributed by atoms with van der Waals surface area (Å²) >= 11 is 0. The lowest BCUT2D eigenvalue weighted by Crippen LogP contribution is -2.50. The summed E-state index contributed by atoms with van der Waals surface area (Å²) in [7, 11) is 0. The number of allylic oxidation sites excluding steroid dienone is 1. The van der Waals surface area contributed by atoms with Gasteiger partial charge >= 0.3 is 6.09 Å². The van der Waals surface area contributed by atoms with Gasteiger partial charge in [0, 0.05) is 50.2 Å². The molecule has 154 valence electrons. The number of hydrogen-bond donors (Lipinski definition) is 2. The molecule has 0 radical (unpaired) electrons. The molecule has 2 heterocycles. The van der Waals surface area contributed by atoms with Crippen molar-refractivity contribution in [1.29, 1.82) is 0 Å². The van der Waals surface area contributed by atoms with Gasteiger partial charge in [0.15, 0.2) is 0 Å². The van der Waals surface area contributed by atoms with Gasteiger partial charge in [0.1, 0.15) is 11.4 Å². The summed E-state index contributed by atoms with van der Waals surface area (Å²) in [6.45, 7) is 16.0. The molecule has 0 spiro atoms. The van der Waals surface area contributed by atoms with Gasteiger partial charge in [-0.2, -0.15) is 0 Å². The Kier molecular flexibility index (Phi) is 7.45. The molecule has 1 aliphatic rings. The second kappa shape index (κ2) is 9.59. The number of hydrogen-bond acceptors (Lipinski definition) is 6. The van der Waals surface area contributed by atoms with Crippen LogP contribution in [0.15, 0.2) is 24.8 Å². The van der Waals surface area contributed by atoms with Gasteiger partial charge in [-0.15, -0.1) is 0 Å². The lowest BCUT2D eigenvalue weighted by molar-refractivity contribution is 0.0148. The standard InChI is InChI=1S/C21H33N5O2/c1-6-7-18-17(16(2)22)8-9-19(24-18)23-10-11-25-12-14-26(15-13-25)20(27)28-21(3,4)5/h6-9H,1,10-15,22H2,2-5H3,(H,23,24)/b17-16-,18-7+. The minimum Gasteiger partial charge on any atom is -0.444 e. The zero-order valence-electron chi connectivity index (χ0n) is 17.5. The van der Waals surface area contributed by atoms with Crippen molar-refractivity contribution in [3.8, 4) is 0 Å². The lowest BCUT2D eigenvalue weighted by atomic mass is 10.2. The highest BCUT2D eigenvalue weighted by molar-refractivity contribution is 5.68. The van der Waals surface area contributed by atoms with Gasteiger partial charge in [0.05, 0.1) is 5.35 Å². The summed E-state index contributed by atoms with van der Waals surface area (Å²) in [4.78, 5) is 20.8. The molecule has 1 fully saturated rings. The molecule has 1 saturated heterocycles. The number of nitrogens with zero attached hydrogens (tertiary/aromatic N) is 3. The molecule has 28 heavy (non-hydrogen) atoms. The van der Waals surface area contributed by atoms with E-state index in [1.165, 1.54) is 0 Å². The monoisotopic (exact) mass is 387 g/mol. The van der Waals surface area contributed by atoms with Crippen molar-refractivity contribution in [2.45, 2.75) is 33.3 Å². The quantitative estimate of drug-likeness (QED) is 0.787. The molecule has 7 nitrogen and oxygen atoms in total. The number of aromatic nitrogens is 1. The molecule has 3 N–H and O–H groups in total. The molecule has 1 aliphatic heterocycles. The highest BCUT2D eigenvalue weighted by Gasteiger charge is 2.25. The first-order chi connectivity index (χ1) is 13.2. The Labute approximate surface area is 167 Å². The summed E-state index contributed by atoms with van der Waals surface area (Å²) in [5, 5.41) is 5.09. The number of carbonyl (C=O) groups is 1. The van der Waals surface area contributed by atoms with E-state index in [4.69, 9.17) is 10.5 Å². The molecule has 2 rings (SSSR count). The van der Waals surface area contributed by atoms with Crippen molar-refractivity contribution in [2.24, 2.45) is 5.73 Å². The number of nitrogens with one attached hydrogen (secondary N) is 1. The van der Waals surface area contributed by atoms with Crippen LogP contribution in [0.25, 0.3) is 11.8 Å². The van der Waals surface area contributed by atoms with Crippen molar-refractivity contribution >= 4 is 23.7 Å². The molecule has 7 heteroatoms. The van der Waals surface area contributed by atoms with E-state index >= 15 is 0 Å². The SMILES string of the molecule is C=C/C=c1/nc(NCCN2CCN(C(=O)OC(C)(C)C)CC2)cc/c1=C(\C)N. The normalized spacial score (nSPS) is 17.3. The Morgan fingerprint density at radius 3 is 2.57 bits per heavy atom. The fourth-order valence-corrected chi connectivity index (χ4v) is 2.97. The summed E-state index contributed by atoms with van der Waals surface area (Å²) in [6.07, 6.45) is 3.34. The minimum atomic E-state index is -0.456.